The van der Waals surface area contributed by atoms with Gasteiger partial charge in [-0.15, -0.1) is 0 Å². The lowest BCUT2D eigenvalue weighted by Crippen LogP contribution is -2.47. The van der Waals surface area contributed by atoms with Gasteiger partial charge in [0.25, 0.3) is 0 Å². The first kappa shape index (κ1) is 33.4. The summed E-state index contributed by atoms with van der Waals surface area (Å²) < 4.78 is 11.4. The van der Waals surface area contributed by atoms with E-state index in [1.54, 1.807) is 7.11 Å². The lowest BCUT2D eigenvalue weighted by molar-refractivity contribution is -0.154. The van der Waals surface area contributed by atoms with Crippen molar-refractivity contribution < 1.29 is 19.1 Å². The molecule has 3 fully saturated rings. The van der Waals surface area contributed by atoms with Crippen LogP contribution < -0.4 is 4.74 Å². The van der Waals surface area contributed by atoms with Crippen molar-refractivity contribution in [3.05, 3.63) is 102 Å². The third-order valence-electron chi connectivity index (χ3n) is 11.0. The molecule has 0 aromatic heterocycles. The van der Waals surface area contributed by atoms with Crippen LogP contribution in [0.3, 0.4) is 0 Å². The van der Waals surface area contributed by atoms with E-state index in [-0.39, 0.29) is 24.4 Å². The first-order chi connectivity index (χ1) is 23.1. The number of likely N-dealkylation sites (tertiary alicyclic amines) is 2. The molecule has 0 radical (unpaired) electrons. The van der Waals surface area contributed by atoms with Crippen molar-refractivity contribution in [3.8, 4) is 5.75 Å². The highest BCUT2D eigenvalue weighted by molar-refractivity contribution is 5.95. The molecule has 6 nitrogen and oxygen atoms in total. The van der Waals surface area contributed by atoms with Crippen LogP contribution in [0, 0.1) is 17.8 Å². The number of hydrogen-bond donors (Lipinski definition) is 0. The van der Waals surface area contributed by atoms with Crippen LogP contribution >= 0.6 is 0 Å². The van der Waals surface area contributed by atoms with Crippen LogP contribution in [0.4, 0.5) is 0 Å². The number of hydrogen-bond acceptors (Lipinski definition) is 6. The molecule has 1 aliphatic carbocycles. The maximum atomic E-state index is 14.0. The summed E-state index contributed by atoms with van der Waals surface area (Å²) in [7, 11) is 1.66. The second-order valence-electron chi connectivity index (χ2n) is 14.1. The molecule has 6 rings (SSSR count). The molecular formula is C41H52N2O4. The zero-order chi connectivity index (χ0) is 32.4. The second-order valence-corrected chi connectivity index (χ2v) is 14.1. The Bertz CT molecular complexity index is 1400. The van der Waals surface area contributed by atoms with Crippen LogP contribution in [-0.2, 0) is 16.1 Å². The van der Waals surface area contributed by atoms with E-state index >= 15 is 0 Å². The standard InChI is InChI=1S/C41H52N2O4/c1-46-37-20-17-32(18-21-37)30-47-41(45)40(35-15-9-4-10-16-35)43-28-36(38(29-43)33-11-5-2-6-12-33)27-42-25-23-31(24-26-42)19-22-39(44)34-13-7-3-8-14-34/h2-3,5-8,11-14,17-18,20-21,31,35-36,38,40H,4,9-10,15-16,19,22-30H2,1H3/t36?,38?,40-/m1/s1. The number of Topliss-reactive ketones (excluding diaryl/α,β-unsaturated/α-hetero) is 1. The molecular weight excluding hydrogens is 584 g/mol. The zero-order valence-corrected chi connectivity index (χ0v) is 28.1. The molecule has 3 atom stereocenters. The summed E-state index contributed by atoms with van der Waals surface area (Å²) in [5, 5.41) is 0. The summed E-state index contributed by atoms with van der Waals surface area (Å²) in [5.41, 5.74) is 3.19. The zero-order valence-electron chi connectivity index (χ0n) is 28.1. The van der Waals surface area contributed by atoms with Gasteiger partial charge in [0.05, 0.1) is 7.11 Å². The molecule has 0 amide bonds. The highest BCUT2D eigenvalue weighted by Gasteiger charge is 2.44. The summed E-state index contributed by atoms with van der Waals surface area (Å²) in [4.78, 5) is 31.8. The number of benzene rings is 3. The van der Waals surface area contributed by atoms with Crippen molar-refractivity contribution >= 4 is 11.8 Å². The monoisotopic (exact) mass is 636 g/mol. The Morgan fingerprint density at radius 2 is 1.49 bits per heavy atom. The fraction of sp³-hybridized carbons (Fsp3) is 0.512. The fourth-order valence-electron chi connectivity index (χ4n) is 8.34. The molecule has 3 aliphatic rings. The van der Waals surface area contributed by atoms with E-state index in [1.165, 1.54) is 24.8 Å². The number of esters is 1. The molecule has 0 N–H and O–H groups in total. The molecule has 3 aromatic carbocycles. The number of ether oxygens (including phenoxy) is 2. The predicted octanol–water partition coefficient (Wildman–Crippen LogP) is 7.78. The highest BCUT2D eigenvalue weighted by atomic mass is 16.5. The molecule has 2 heterocycles. The molecule has 2 aliphatic heterocycles. The average molecular weight is 637 g/mol. The average Bonchev–Trinajstić information content (AvgIpc) is 3.54. The number of piperidine rings is 1. The topological polar surface area (TPSA) is 59.1 Å². The molecule has 6 heteroatoms. The first-order valence-electron chi connectivity index (χ1n) is 18.0. The quantitative estimate of drug-likeness (QED) is 0.141. The van der Waals surface area contributed by atoms with Crippen molar-refractivity contribution in [2.75, 3.05) is 39.8 Å². The molecule has 47 heavy (non-hydrogen) atoms. The summed E-state index contributed by atoms with van der Waals surface area (Å²) in [6.07, 6.45) is 9.76. The van der Waals surface area contributed by atoms with E-state index in [4.69, 9.17) is 9.47 Å². The van der Waals surface area contributed by atoms with Crippen molar-refractivity contribution in [2.45, 2.75) is 76.4 Å². The van der Waals surface area contributed by atoms with Gasteiger partial charge in [-0.2, -0.15) is 0 Å². The Balaban J connectivity index is 1.10. The maximum Gasteiger partial charge on any atom is 0.323 e. The lowest BCUT2D eigenvalue weighted by atomic mass is 9.83. The van der Waals surface area contributed by atoms with Gasteiger partial charge in [-0.3, -0.25) is 14.5 Å². The third kappa shape index (κ3) is 8.91. The number of nitrogens with zero attached hydrogens (tertiary/aromatic N) is 2. The van der Waals surface area contributed by atoms with E-state index in [0.29, 0.717) is 30.1 Å². The van der Waals surface area contributed by atoms with Gasteiger partial charge in [0.15, 0.2) is 5.78 Å². The number of rotatable bonds is 13. The fourth-order valence-corrected chi connectivity index (χ4v) is 8.34. The maximum absolute atomic E-state index is 14.0. The van der Waals surface area contributed by atoms with Gasteiger partial charge in [-0.05, 0) is 86.2 Å². The van der Waals surface area contributed by atoms with Crippen LogP contribution in [0.15, 0.2) is 84.9 Å². The highest BCUT2D eigenvalue weighted by Crippen LogP contribution is 2.39. The van der Waals surface area contributed by atoms with Gasteiger partial charge >= 0.3 is 5.97 Å². The van der Waals surface area contributed by atoms with Crippen molar-refractivity contribution in [1.29, 1.82) is 0 Å². The van der Waals surface area contributed by atoms with Crippen molar-refractivity contribution in [2.24, 2.45) is 17.8 Å². The van der Waals surface area contributed by atoms with Gasteiger partial charge in [-0.1, -0.05) is 92.1 Å². The van der Waals surface area contributed by atoms with Crippen molar-refractivity contribution in [3.63, 3.8) is 0 Å². The molecule has 3 aromatic rings. The van der Waals surface area contributed by atoms with Crippen LogP contribution in [0.2, 0.25) is 0 Å². The Kier molecular flexibility index (Phi) is 11.8. The molecule has 0 spiro atoms. The van der Waals surface area contributed by atoms with Crippen LogP contribution in [-0.4, -0.2) is 67.4 Å². The minimum atomic E-state index is -0.197. The summed E-state index contributed by atoms with van der Waals surface area (Å²) in [6.45, 7) is 5.31. The second kappa shape index (κ2) is 16.6. The smallest absolute Gasteiger partial charge is 0.323 e. The summed E-state index contributed by atoms with van der Waals surface area (Å²) in [6, 6.07) is 28.3. The van der Waals surface area contributed by atoms with Gasteiger partial charge in [0, 0.05) is 37.5 Å². The Morgan fingerprint density at radius 3 is 2.17 bits per heavy atom. The van der Waals surface area contributed by atoms with E-state index in [1.807, 2.05) is 54.6 Å². The van der Waals surface area contributed by atoms with Crippen LogP contribution in [0.1, 0.15) is 85.2 Å². The van der Waals surface area contributed by atoms with E-state index < -0.39 is 0 Å². The number of carbonyl (C=O) groups excluding carboxylic acids is 2. The van der Waals surface area contributed by atoms with E-state index in [9.17, 15) is 9.59 Å². The predicted molar refractivity (Wildman–Crippen MR) is 187 cm³/mol. The molecule has 2 unspecified atom stereocenters. The minimum Gasteiger partial charge on any atom is -0.497 e. The first-order valence-corrected chi connectivity index (χ1v) is 18.0. The number of ketones is 1. The normalized spacial score (nSPS) is 22.1. The van der Waals surface area contributed by atoms with Gasteiger partial charge in [-0.25, -0.2) is 0 Å². The van der Waals surface area contributed by atoms with Crippen molar-refractivity contribution in [1.82, 2.24) is 9.80 Å². The third-order valence-corrected chi connectivity index (χ3v) is 11.0. The van der Waals surface area contributed by atoms with Gasteiger partial charge in [0.1, 0.15) is 18.4 Å². The number of carbonyl (C=O) groups is 2. The van der Waals surface area contributed by atoms with Gasteiger partial charge in [0.2, 0.25) is 0 Å². The van der Waals surface area contributed by atoms with Gasteiger partial charge < -0.3 is 14.4 Å². The van der Waals surface area contributed by atoms with Crippen LogP contribution in [0.25, 0.3) is 0 Å². The van der Waals surface area contributed by atoms with E-state index in [0.717, 1.165) is 81.7 Å². The summed E-state index contributed by atoms with van der Waals surface area (Å²) >= 11 is 0. The van der Waals surface area contributed by atoms with Crippen LogP contribution in [0.5, 0.6) is 5.75 Å². The Morgan fingerprint density at radius 1 is 0.809 bits per heavy atom. The number of methoxy groups -OCH3 is 1. The minimum absolute atomic E-state index is 0.0638. The SMILES string of the molecule is COc1ccc(COC(=O)[C@@H](C2CCCCC2)N2CC(CN3CCC(CCC(=O)c4ccccc4)CC3)C(c3ccccc3)C2)cc1. The van der Waals surface area contributed by atoms with E-state index in [2.05, 4.69) is 40.1 Å². The molecule has 0 bridgehead atoms. The molecule has 2 saturated heterocycles. The largest absolute Gasteiger partial charge is 0.497 e. The molecule has 1 saturated carbocycles. The lowest BCUT2D eigenvalue weighted by Gasteiger charge is -2.36. The Labute approximate surface area is 281 Å². The summed E-state index contributed by atoms with van der Waals surface area (Å²) in [5.74, 6) is 2.80. The molecule has 250 valence electrons. The Hall–Kier alpha value is -3.48.